The lowest BCUT2D eigenvalue weighted by atomic mass is 10.1. The van der Waals surface area contributed by atoms with Gasteiger partial charge < -0.3 is 9.15 Å². The molecular weight excluding hydrogens is 304 g/mol. The Kier molecular flexibility index (Phi) is 5.22. The summed E-state index contributed by atoms with van der Waals surface area (Å²) < 4.78 is 10.6. The Bertz CT molecular complexity index is 670. The van der Waals surface area contributed by atoms with E-state index in [0.717, 1.165) is 11.1 Å². The van der Waals surface area contributed by atoms with Gasteiger partial charge >= 0.3 is 0 Å². The van der Waals surface area contributed by atoms with Crippen LogP contribution in [0.3, 0.4) is 0 Å². The van der Waals surface area contributed by atoms with Crippen molar-refractivity contribution < 1.29 is 13.9 Å². The molecule has 0 saturated heterocycles. The average Bonchev–Trinajstić information content (AvgIpc) is 3.02. The Balaban J connectivity index is 1.89. The van der Waals surface area contributed by atoms with Crippen LogP contribution in [0, 0.1) is 13.8 Å². The molecule has 0 bridgehead atoms. The second kappa shape index (κ2) is 7.13. The lowest BCUT2D eigenvalue weighted by Crippen LogP contribution is -2.25. The summed E-state index contributed by atoms with van der Waals surface area (Å²) in [6.07, 6.45) is 1.55. The maximum absolute atomic E-state index is 11.7. The molecular formula is C16H17ClN2O3. The Morgan fingerprint density at radius 1 is 1.36 bits per heavy atom. The molecule has 1 heterocycles. The number of nitrogens with zero attached hydrogens (tertiary/aromatic N) is 1. The van der Waals surface area contributed by atoms with Crippen molar-refractivity contribution in [1.29, 1.82) is 0 Å². The van der Waals surface area contributed by atoms with Gasteiger partial charge in [-0.1, -0.05) is 11.6 Å². The molecule has 116 valence electrons. The summed E-state index contributed by atoms with van der Waals surface area (Å²) in [6.45, 7) is 5.39. The summed E-state index contributed by atoms with van der Waals surface area (Å²) in [5.74, 6) is 0.850. The number of amides is 1. The highest BCUT2D eigenvalue weighted by molar-refractivity contribution is 6.32. The van der Waals surface area contributed by atoms with Crippen molar-refractivity contribution in [2.45, 2.75) is 20.8 Å². The number of hydrogen-bond donors (Lipinski definition) is 1. The number of furan rings is 1. The fraction of sp³-hybridized carbons (Fsp3) is 0.250. The smallest absolute Gasteiger partial charge is 0.277 e. The number of carbonyl (C=O) groups excluding carboxylic acids is 1. The van der Waals surface area contributed by atoms with Crippen LogP contribution in [0.15, 0.2) is 40.0 Å². The van der Waals surface area contributed by atoms with Crippen LogP contribution in [0.4, 0.5) is 0 Å². The van der Waals surface area contributed by atoms with Gasteiger partial charge in [0.1, 0.15) is 17.2 Å². The third kappa shape index (κ3) is 4.11. The molecule has 1 aromatic heterocycles. The van der Waals surface area contributed by atoms with E-state index >= 15 is 0 Å². The molecule has 0 atom stereocenters. The molecule has 0 aliphatic carbocycles. The van der Waals surface area contributed by atoms with Gasteiger partial charge in [0.2, 0.25) is 0 Å². The minimum Gasteiger partial charge on any atom is -0.484 e. The first-order valence-electron chi connectivity index (χ1n) is 6.74. The van der Waals surface area contributed by atoms with Crippen LogP contribution < -0.4 is 10.2 Å². The first-order valence-corrected chi connectivity index (χ1v) is 7.11. The molecule has 0 fully saturated rings. The Hall–Kier alpha value is -2.27. The highest BCUT2D eigenvalue weighted by atomic mass is 35.5. The van der Waals surface area contributed by atoms with Crippen molar-refractivity contribution in [1.82, 2.24) is 5.43 Å². The molecule has 6 heteroatoms. The highest BCUT2D eigenvalue weighted by Gasteiger charge is 2.07. The van der Waals surface area contributed by atoms with Gasteiger partial charge in [0.25, 0.3) is 5.91 Å². The number of benzene rings is 1. The van der Waals surface area contributed by atoms with Crippen LogP contribution in [0.1, 0.15) is 23.8 Å². The number of ether oxygens (including phenoxy) is 1. The molecule has 0 spiro atoms. The Morgan fingerprint density at radius 2 is 2.05 bits per heavy atom. The molecule has 1 amide bonds. The van der Waals surface area contributed by atoms with E-state index in [1.54, 1.807) is 37.5 Å². The zero-order chi connectivity index (χ0) is 16.1. The zero-order valence-corrected chi connectivity index (χ0v) is 13.4. The standard InChI is InChI=1S/C16H17ClN2O3/c1-10-7-13(8-11(2)16(10)17)22-9-15(20)19-18-12(3)14-5-4-6-21-14/h4-8H,9H2,1-3H3,(H,19,20). The summed E-state index contributed by atoms with van der Waals surface area (Å²) in [7, 11) is 0. The van der Waals surface area contributed by atoms with Gasteiger partial charge in [0.15, 0.2) is 6.61 Å². The number of halogens is 1. The summed E-state index contributed by atoms with van der Waals surface area (Å²) in [5, 5.41) is 4.65. The van der Waals surface area contributed by atoms with E-state index in [9.17, 15) is 4.79 Å². The summed E-state index contributed by atoms with van der Waals surface area (Å²) in [4.78, 5) is 11.7. The number of carbonyl (C=O) groups is 1. The lowest BCUT2D eigenvalue weighted by Gasteiger charge is -2.09. The highest BCUT2D eigenvalue weighted by Crippen LogP contribution is 2.25. The van der Waals surface area contributed by atoms with Crippen LogP contribution in [-0.2, 0) is 4.79 Å². The Labute approximate surface area is 133 Å². The van der Waals surface area contributed by atoms with Gasteiger partial charge in [-0.25, -0.2) is 5.43 Å². The molecule has 22 heavy (non-hydrogen) atoms. The SMILES string of the molecule is CC(=NNC(=O)COc1cc(C)c(Cl)c(C)c1)c1ccco1. The molecule has 1 aromatic carbocycles. The van der Waals surface area contributed by atoms with Crippen molar-refractivity contribution in [2.24, 2.45) is 5.10 Å². The van der Waals surface area contributed by atoms with E-state index in [0.29, 0.717) is 22.2 Å². The van der Waals surface area contributed by atoms with E-state index in [2.05, 4.69) is 10.5 Å². The van der Waals surface area contributed by atoms with Gasteiger partial charge in [0, 0.05) is 5.02 Å². The third-order valence-corrected chi connectivity index (χ3v) is 3.60. The first kappa shape index (κ1) is 16.1. The second-order valence-electron chi connectivity index (χ2n) is 4.87. The molecule has 0 aliphatic rings. The van der Waals surface area contributed by atoms with Gasteiger partial charge in [0.05, 0.1) is 6.26 Å². The van der Waals surface area contributed by atoms with Crippen molar-refractivity contribution in [3.05, 3.63) is 52.4 Å². The van der Waals surface area contributed by atoms with E-state index in [4.69, 9.17) is 20.8 Å². The van der Waals surface area contributed by atoms with Gasteiger partial charge in [-0.3, -0.25) is 4.79 Å². The zero-order valence-electron chi connectivity index (χ0n) is 12.6. The minimum atomic E-state index is -0.351. The van der Waals surface area contributed by atoms with Crippen LogP contribution in [0.5, 0.6) is 5.75 Å². The van der Waals surface area contributed by atoms with Crippen LogP contribution >= 0.6 is 11.6 Å². The number of aryl methyl sites for hydroxylation is 2. The maximum atomic E-state index is 11.7. The molecule has 1 N–H and O–H groups in total. The number of hydrazone groups is 1. The van der Waals surface area contributed by atoms with E-state index in [-0.39, 0.29) is 12.5 Å². The molecule has 0 radical (unpaired) electrons. The summed E-state index contributed by atoms with van der Waals surface area (Å²) >= 11 is 6.08. The summed E-state index contributed by atoms with van der Waals surface area (Å²) in [5.41, 5.74) is 4.81. The number of hydrogen-bond acceptors (Lipinski definition) is 4. The number of nitrogens with one attached hydrogen (secondary N) is 1. The monoisotopic (exact) mass is 320 g/mol. The quantitative estimate of drug-likeness (QED) is 0.677. The van der Waals surface area contributed by atoms with Gasteiger partial charge in [-0.15, -0.1) is 0 Å². The van der Waals surface area contributed by atoms with Crippen molar-refractivity contribution in [2.75, 3.05) is 6.61 Å². The normalized spacial score (nSPS) is 11.4. The van der Waals surface area contributed by atoms with Gasteiger partial charge in [-0.05, 0) is 56.2 Å². The molecule has 0 aliphatic heterocycles. The topological polar surface area (TPSA) is 63.8 Å². The van der Waals surface area contributed by atoms with Crippen LogP contribution in [0.2, 0.25) is 5.02 Å². The van der Waals surface area contributed by atoms with Crippen LogP contribution in [0.25, 0.3) is 0 Å². The predicted octanol–water partition coefficient (Wildman–Crippen LogP) is 3.47. The molecule has 5 nitrogen and oxygen atoms in total. The van der Waals surface area contributed by atoms with Gasteiger partial charge in [-0.2, -0.15) is 5.10 Å². The fourth-order valence-electron chi connectivity index (χ4n) is 1.86. The first-order chi connectivity index (χ1) is 10.5. The van der Waals surface area contributed by atoms with Crippen LogP contribution in [-0.4, -0.2) is 18.2 Å². The molecule has 0 saturated carbocycles. The summed E-state index contributed by atoms with van der Waals surface area (Å²) in [6, 6.07) is 7.10. The minimum absolute atomic E-state index is 0.130. The molecule has 0 unspecified atom stereocenters. The van der Waals surface area contributed by atoms with E-state index < -0.39 is 0 Å². The lowest BCUT2D eigenvalue weighted by molar-refractivity contribution is -0.123. The predicted molar refractivity (Wildman–Crippen MR) is 85.5 cm³/mol. The van der Waals surface area contributed by atoms with Crippen molar-refractivity contribution in [3.8, 4) is 5.75 Å². The number of rotatable bonds is 5. The largest absolute Gasteiger partial charge is 0.484 e. The fourth-order valence-corrected chi connectivity index (χ4v) is 1.97. The maximum Gasteiger partial charge on any atom is 0.277 e. The molecule has 2 aromatic rings. The third-order valence-electron chi connectivity index (χ3n) is 3.01. The molecule has 2 rings (SSSR count). The van der Waals surface area contributed by atoms with E-state index in [1.807, 2.05) is 13.8 Å². The second-order valence-corrected chi connectivity index (χ2v) is 5.25. The van der Waals surface area contributed by atoms with Crippen molar-refractivity contribution in [3.63, 3.8) is 0 Å². The van der Waals surface area contributed by atoms with Crippen molar-refractivity contribution >= 4 is 23.2 Å². The Morgan fingerprint density at radius 3 is 2.64 bits per heavy atom. The van der Waals surface area contributed by atoms with E-state index in [1.165, 1.54) is 0 Å². The average molecular weight is 321 g/mol.